The van der Waals surface area contributed by atoms with Crippen LogP contribution in [0, 0.1) is 22.2 Å². The minimum atomic E-state index is -0.819. The van der Waals surface area contributed by atoms with Crippen LogP contribution in [0.15, 0.2) is 24.0 Å². The fraction of sp³-hybridized carbons (Fsp3) is 0.710. The molecule has 0 bridgehead atoms. The number of nitrogens with one attached hydrogen (secondary N) is 2. The van der Waals surface area contributed by atoms with E-state index in [1.165, 1.54) is 17.7 Å². The molecule has 4 aliphatic heterocycles. The molecule has 0 aromatic carbocycles. The van der Waals surface area contributed by atoms with Crippen LogP contribution in [-0.4, -0.2) is 115 Å². The van der Waals surface area contributed by atoms with E-state index in [1.807, 2.05) is 11.8 Å². The lowest BCUT2D eigenvalue weighted by atomic mass is 9.72. The first kappa shape index (κ1) is 30.0. The largest absolute Gasteiger partial charge is 0.396 e. The molecule has 0 radical (unpaired) electrons. The van der Waals surface area contributed by atoms with Crippen molar-refractivity contribution in [1.82, 2.24) is 30.5 Å². The normalized spacial score (nSPS) is 28.5. The molecule has 0 saturated carbocycles. The van der Waals surface area contributed by atoms with Crippen molar-refractivity contribution in [3.63, 3.8) is 0 Å². The Balaban J connectivity index is 1.09. The first-order valence-electron chi connectivity index (χ1n) is 15.9. The maximum atomic E-state index is 14.2. The van der Waals surface area contributed by atoms with Gasteiger partial charge in [-0.3, -0.25) is 9.59 Å². The number of allylic oxidation sites excluding steroid dienone is 2. The fourth-order valence-corrected chi connectivity index (χ4v) is 8.50. The molecule has 13 heteroatoms. The summed E-state index contributed by atoms with van der Waals surface area (Å²) >= 11 is 1.50. The van der Waals surface area contributed by atoms with Gasteiger partial charge in [0.05, 0.1) is 30.7 Å². The van der Waals surface area contributed by atoms with Crippen molar-refractivity contribution in [2.45, 2.75) is 51.2 Å². The van der Waals surface area contributed by atoms with E-state index in [1.54, 1.807) is 5.51 Å². The fourth-order valence-electron chi connectivity index (χ4n) is 7.74. The molecule has 238 valence electrons. The molecular weight excluding hydrogens is 582 g/mol. The number of fused-ring (bicyclic) bond motifs is 1. The van der Waals surface area contributed by atoms with E-state index in [-0.39, 0.29) is 40.6 Å². The summed E-state index contributed by atoms with van der Waals surface area (Å²) in [5.41, 5.74) is 1.94. The molecule has 44 heavy (non-hydrogen) atoms. The highest BCUT2D eigenvalue weighted by molar-refractivity contribution is 7.17. The summed E-state index contributed by atoms with van der Waals surface area (Å²) in [5, 5.41) is 16.8. The molecular formula is C31H43N7O5S. The van der Waals surface area contributed by atoms with Crippen LogP contribution in [0.2, 0.25) is 0 Å². The second-order valence-corrected chi connectivity index (χ2v) is 14.6. The van der Waals surface area contributed by atoms with Crippen LogP contribution in [0.4, 0.5) is 5.82 Å². The minimum absolute atomic E-state index is 0.0231. The van der Waals surface area contributed by atoms with Crippen molar-refractivity contribution in [1.29, 1.82) is 0 Å². The predicted molar refractivity (Wildman–Crippen MR) is 165 cm³/mol. The lowest BCUT2D eigenvalue weighted by Gasteiger charge is -2.53. The number of nitrogens with zero attached hydrogens (tertiary/aromatic N) is 5. The van der Waals surface area contributed by atoms with Crippen LogP contribution < -0.4 is 15.5 Å². The van der Waals surface area contributed by atoms with Crippen molar-refractivity contribution in [3.8, 4) is 0 Å². The summed E-state index contributed by atoms with van der Waals surface area (Å²) in [6.07, 6.45) is 9.58. The predicted octanol–water partition coefficient (Wildman–Crippen LogP) is 1.36. The molecule has 4 fully saturated rings. The van der Waals surface area contributed by atoms with Gasteiger partial charge in [0.25, 0.3) is 0 Å². The van der Waals surface area contributed by atoms with Crippen molar-refractivity contribution >= 4 is 39.3 Å². The van der Waals surface area contributed by atoms with Crippen molar-refractivity contribution < 1.29 is 24.2 Å². The summed E-state index contributed by atoms with van der Waals surface area (Å²) in [6.45, 7) is 7.71. The number of aliphatic hydroxyl groups excluding tert-OH is 1. The van der Waals surface area contributed by atoms with Crippen LogP contribution in [0.3, 0.4) is 0 Å². The topological polar surface area (TPSA) is 142 Å². The van der Waals surface area contributed by atoms with Crippen LogP contribution in [0.5, 0.6) is 0 Å². The van der Waals surface area contributed by atoms with Crippen molar-refractivity contribution in [2.24, 2.45) is 22.2 Å². The average Bonchev–Trinajstić information content (AvgIpc) is 3.68. The lowest BCUT2D eigenvalue weighted by Crippen LogP contribution is -2.67. The highest BCUT2D eigenvalue weighted by Gasteiger charge is 2.55. The number of aliphatic hydroxyl groups is 1. The Morgan fingerprint density at radius 3 is 2.70 bits per heavy atom. The lowest BCUT2D eigenvalue weighted by molar-refractivity contribution is -0.159. The highest BCUT2D eigenvalue weighted by Crippen LogP contribution is 2.44. The molecule has 7 rings (SSSR count). The molecule has 4 saturated heterocycles. The zero-order valence-corrected chi connectivity index (χ0v) is 26.2. The van der Waals surface area contributed by atoms with Crippen molar-refractivity contribution in [3.05, 3.63) is 24.0 Å². The van der Waals surface area contributed by atoms with Gasteiger partial charge in [0.2, 0.25) is 11.8 Å². The van der Waals surface area contributed by atoms with Gasteiger partial charge < -0.3 is 35.0 Å². The summed E-state index contributed by atoms with van der Waals surface area (Å²) in [7, 11) is 0. The minimum Gasteiger partial charge on any atom is -0.396 e. The molecule has 1 aliphatic carbocycles. The van der Waals surface area contributed by atoms with Crippen molar-refractivity contribution in [2.75, 3.05) is 70.6 Å². The third kappa shape index (κ3) is 5.40. The van der Waals surface area contributed by atoms with E-state index < -0.39 is 12.1 Å². The molecule has 2 aromatic heterocycles. The molecule has 2 aromatic rings. The van der Waals surface area contributed by atoms with E-state index in [9.17, 15) is 14.7 Å². The van der Waals surface area contributed by atoms with Crippen LogP contribution >= 0.6 is 11.3 Å². The maximum absolute atomic E-state index is 14.2. The van der Waals surface area contributed by atoms with Gasteiger partial charge in [0.1, 0.15) is 17.1 Å². The number of anilines is 1. The first-order chi connectivity index (χ1) is 21.3. The van der Waals surface area contributed by atoms with E-state index >= 15 is 0 Å². The number of ether oxygens (including phenoxy) is 2. The van der Waals surface area contributed by atoms with E-state index in [0.29, 0.717) is 38.4 Å². The third-order valence-corrected chi connectivity index (χ3v) is 11.6. The van der Waals surface area contributed by atoms with Gasteiger partial charge in [-0.25, -0.2) is 15.0 Å². The van der Waals surface area contributed by atoms with Gasteiger partial charge in [0, 0.05) is 68.7 Å². The Morgan fingerprint density at radius 1 is 1.18 bits per heavy atom. The second-order valence-electron chi connectivity index (χ2n) is 13.8. The Labute approximate surface area is 261 Å². The Hall–Kier alpha value is -2.71. The number of carbonyl (C=O) groups is 2. The molecule has 6 heterocycles. The van der Waals surface area contributed by atoms with Gasteiger partial charge in [-0.2, -0.15) is 0 Å². The van der Waals surface area contributed by atoms with E-state index in [0.717, 1.165) is 68.9 Å². The maximum Gasteiger partial charge on any atom is 0.247 e. The standard InChI is InChI=1S/C31H43N7O5S/c1-21(43-18-30(17-39)5-3-2-4-6-30)23(28(41)38-14-29(15-38)7-9-42-10-8-29)36-27(40)22-11-37(16-31(22)12-32-13-31)26-24-25(33-19-34-26)35-20-44-24/h2-3,19-23,32,39H,4-18H2,1H3,(H,36,40)/t21-,22?,23+,30?/m1/s1. The average molecular weight is 626 g/mol. The number of hydrogen-bond acceptors (Lipinski definition) is 11. The van der Waals surface area contributed by atoms with Gasteiger partial charge in [0.15, 0.2) is 11.5 Å². The molecule has 2 spiro atoms. The molecule has 4 atom stereocenters. The second kappa shape index (κ2) is 11.9. The number of amides is 2. The zero-order valence-electron chi connectivity index (χ0n) is 25.4. The van der Waals surface area contributed by atoms with Gasteiger partial charge >= 0.3 is 0 Å². The summed E-state index contributed by atoms with van der Waals surface area (Å²) in [5.74, 6) is 0.259. The summed E-state index contributed by atoms with van der Waals surface area (Å²) < 4.78 is 12.9. The van der Waals surface area contributed by atoms with Crippen LogP contribution in [0.1, 0.15) is 39.0 Å². The Bertz CT molecular complexity index is 1400. The Morgan fingerprint density at radius 2 is 2.00 bits per heavy atom. The molecule has 2 amide bonds. The van der Waals surface area contributed by atoms with Crippen LogP contribution in [0.25, 0.3) is 10.3 Å². The summed E-state index contributed by atoms with van der Waals surface area (Å²) in [4.78, 5) is 45.6. The molecule has 3 N–H and O–H groups in total. The summed E-state index contributed by atoms with van der Waals surface area (Å²) in [6, 6.07) is -0.819. The smallest absolute Gasteiger partial charge is 0.247 e. The highest BCUT2D eigenvalue weighted by atomic mass is 32.1. The Kier molecular flexibility index (Phi) is 8.11. The molecule has 2 unspecified atom stereocenters. The third-order valence-electron chi connectivity index (χ3n) is 10.8. The van der Waals surface area contributed by atoms with Gasteiger partial charge in [-0.05, 0) is 39.0 Å². The van der Waals surface area contributed by atoms with E-state index in [4.69, 9.17) is 9.47 Å². The first-order valence-corrected chi connectivity index (χ1v) is 16.8. The van der Waals surface area contributed by atoms with E-state index in [2.05, 4.69) is 42.6 Å². The number of rotatable bonds is 9. The number of aromatic nitrogens is 3. The van der Waals surface area contributed by atoms with Crippen LogP contribution in [-0.2, 0) is 19.1 Å². The number of carbonyl (C=O) groups excluding carboxylic acids is 2. The zero-order chi connectivity index (χ0) is 30.4. The molecule has 5 aliphatic rings. The quantitative estimate of drug-likeness (QED) is 0.350. The number of thiazole rings is 1. The number of likely N-dealkylation sites (tertiary alicyclic amines) is 1. The SMILES string of the molecule is C[C@@H](OCC1(CO)CC=CCC1)[C@H](NC(=O)C1CN(c2ncnc3ncsc23)CC12CNC2)C(=O)N1CC2(CCOCC2)C1. The number of hydrogen-bond donors (Lipinski definition) is 3. The monoisotopic (exact) mass is 625 g/mol. The molecule has 12 nitrogen and oxygen atoms in total. The van der Waals surface area contributed by atoms with Gasteiger partial charge in [-0.1, -0.05) is 12.2 Å². The van der Waals surface area contributed by atoms with Gasteiger partial charge in [-0.15, -0.1) is 11.3 Å².